The van der Waals surface area contributed by atoms with Crippen molar-refractivity contribution < 1.29 is 9.53 Å². The highest BCUT2D eigenvalue weighted by Gasteiger charge is 2.19. The predicted molar refractivity (Wildman–Crippen MR) is 66.7 cm³/mol. The number of hydrogen-bond donors (Lipinski definition) is 1. The minimum atomic E-state index is -0.115. The van der Waals surface area contributed by atoms with E-state index in [0.717, 1.165) is 38.5 Å². The molecule has 0 bridgehead atoms. The summed E-state index contributed by atoms with van der Waals surface area (Å²) in [5, 5.41) is 0. The van der Waals surface area contributed by atoms with E-state index in [4.69, 9.17) is 5.73 Å². The summed E-state index contributed by atoms with van der Waals surface area (Å²) in [6, 6.07) is 0. The standard InChI is InChI=1S/C11H22N2O2.ClH/c1-15-11(14)5-8-13-7-2-3-10(9-13)4-6-12;/h10H,2-9,12H2,1H3;1H. The fraction of sp³-hybridized carbons (Fsp3) is 0.909. The van der Waals surface area contributed by atoms with Crippen molar-refractivity contribution >= 4 is 18.4 Å². The van der Waals surface area contributed by atoms with E-state index in [0.29, 0.717) is 6.42 Å². The molecule has 0 radical (unpaired) electrons. The number of methoxy groups -OCH3 is 1. The third kappa shape index (κ3) is 5.68. The molecule has 1 aliphatic rings. The van der Waals surface area contributed by atoms with Crippen molar-refractivity contribution in [2.45, 2.75) is 25.7 Å². The number of hydrogen-bond acceptors (Lipinski definition) is 4. The number of likely N-dealkylation sites (tertiary alicyclic amines) is 1. The number of nitrogens with zero attached hydrogens (tertiary/aromatic N) is 1. The second-order valence-corrected chi connectivity index (χ2v) is 4.21. The molecule has 2 N–H and O–H groups in total. The lowest BCUT2D eigenvalue weighted by molar-refractivity contribution is -0.141. The number of nitrogens with two attached hydrogens (primary N) is 1. The van der Waals surface area contributed by atoms with Gasteiger partial charge in [0.1, 0.15) is 0 Å². The van der Waals surface area contributed by atoms with Gasteiger partial charge in [-0.15, -0.1) is 12.4 Å². The summed E-state index contributed by atoms with van der Waals surface area (Å²) in [7, 11) is 1.44. The zero-order valence-electron chi connectivity index (χ0n) is 9.98. The van der Waals surface area contributed by atoms with E-state index in [1.54, 1.807) is 0 Å². The lowest BCUT2D eigenvalue weighted by Gasteiger charge is -2.32. The van der Waals surface area contributed by atoms with E-state index < -0.39 is 0 Å². The lowest BCUT2D eigenvalue weighted by Crippen LogP contribution is -2.37. The van der Waals surface area contributed by atoms with Crippen LogP contribution in [0.1, 0.15) is 25.7 Å². The van der Waals surface area contributed by atoms with Crippen molar-refractivity contribution in [3.63, 3.8) is 0 Å². The van der Waals surface area contributed by atoms with Crippen LogP contribution in [0, 0.1) is 5.92 Å². The van der Waals surface area contributed by atoms with Gasteiger partial charge in [-0.3, -0.25) is 4.79 Å². The van der Waals surface area contributed by atoms with Crippen molar-refractivity contribution in [2.24, 2.45) is 11.7 Å². The molecule has 0 amide bonds. The zero-order valence-corrected chi connectivity index (χ0v) is 10.8. The fourth-order valence-electron chi connectivity index (χ4n) is 2.18. The molecule has 4 nitrogen and oxygen atoms in total. The Morgan fingerprint density at radius 1 is 1.56 bits per heavy atom. The van der Waals surface area contributed by atoms with E-state index in [9.17, 15) is 4.79 Å². The molecular formula is C11H23ClN2O2. The van der Waals surface area contributed by atoms with Crippen molar-refractivity contribution in [1.82, 2.24) is 4.90 Å². The zero-order chi connectivity index (χ0) is 11.1. The molecule has 1 aliphatic heterocycles. The van der Waals surface area contributed by atoms with E-state index in [1.807, 2.05) is 0 Å². The van der Waals surface area contributed by atoms with E-state index >= 15 is 0 Å². The Balaban J connectivity index is 0.00000225. The monoisotopic (exact) mass is 250 g/mol. The summed E-state index contributed by atoms with van der Waals surface area (Å²) in [5.41, 5.74) is 5.56. The molecule has 0 aliphatic carbocycles. The molecule has 5 heteroatoms. The van der Waals surface area contributed by atoms with Crippen LogP contribution in [-0.4, -0.2) is 44.2 Å². The summed E-state index contributed by atoms with van der Waals surface area (Å²) in [6.45, 7) is 3.80. The number of piperidine rings is 1. The van der Waals surface area contributed by atoms with Crippen molar-refractivity contribution in [1.29, 1.82) is 0 Å². The Labute approximate surface area is 104 Å². The van der Waals surface area contributed by atoms with Gasteiger partial charge in [-0.1, -0.05) is 0 Å². The maximum atomic E-state index is 11.0. The first kappa shape index (κ1) is 15.7. The third-order valence-corrected chi connectivity index (χ3v) is 3.04. The third-order valence-electron chi connectivity index (χ3n) is 3.04. The first-order chi connectivity index (χ1) is 7.26. The quantitative estimate of drug-likeness (QED) is 0.741. The molecule has 16 heavy (non-hydrogen) atoms. The Hall–Kier alpha value is -0.320. The van der Waals surface area contributed by atoms with Gasteiger partial charge in [0.25, 0.3) is 0 Å². The van der Waals surface area contributed by atoms with Crippen LogP contribution >= 0.6 is 12.4 Å². The Morgan fingerprint density at radius 2 is 2.31 bits per heavy atom. The van der Waals surface area contributed by atoms with Gasteiger partial charge in [0.2, 0.25) is 0 Å². The average molecular weight is 251 g/mol. The Kier molecular flexibility index (Phi) is 8.61. The largest absolute Gasteiger partial charge is 0.469 e. The molecule has 1 rings (SSSR count). The molecule has 1 heterocycles. The molecule has 0 aromatic carbocycles. The van der Waals surface area contributed by atoms with Crippen molar-refractivity contribution in [2.75, 3.05) is 33.3 Å². The summed E-state index contributed by atoms with van der Waals surface area (Å²) in [5.74, 6) is 0.609. The van der Waals surface area contributed by atoms with Crippen LogP contribution in [0.3, 0.4) is 0 Å². The van der Waals surface area contributed by atoms with Crippen LogP contribution in [0.5, 0.6) is 0 Å². The van der Waals surface area contributed by atoms with Gasteiger partial charge in [0.05, 0.1) is 13.5 Å². The summed E-state index contributed by atoms with van der Waals surface area (Å²) < 4.78 is 4.63. The normalized spacial score (nSPS) is 21.2. The molecule has 0 aromatic rings. The first-order valence-corrected chi connectivity index (χ1v) is 5.75. The molecule has 0 spiro atoms. The molecule has 0 saturated carbocycles. The second-order valence-electron chi connectivity index (χ2n) is 4.21. The number of carbonyl (C=O) groups is 1. The van der Waals surface area contributed by atoms with Gasteiger partial charge in [-0.25, -0.2) is 0 Å². The molecule has 1 fully saturated rings. The molecule has 96 valence electrons. The van der Waals surface area contributed by atoms with Gasteiger partial charge in [0.15, 0.2) is 0 Å². The SMILES string of the molecule is COC(=O)CCN1CCCC(CCN)C1.Cl. The topological polar surface area (TPSA) is 55.6 Å². The van der Waals surface area contributed by atoms with Crippen LogP contribution < -0.4 is 5.73 Å². The summed E-state index contributed by atoms with van der Waals surface area (Å²) >= 11 is 0. The van der Waals surface area contributed by atoms with Crippen LogP contribution in [0.4, 0.5) is 0 Å². The van der Waals surface area contributed by atoms with Crippen LogP contribution in [0.15, 0.2) is 0 Å². The van der Waals surface area contributed by atoms with Gasteiger partial charge >= 0.3 is 5.97 Å². The number of esters is 1. The smallest absolute Gasteiger partial charge is 0.306 e. The highest BCUT2D eigenvalue weighted by Crippen LogP contribution is 2.18. The number of rotatable bonds is 5. The summed E-state index contributed by atoms with van der Waals surface area (Å²) in [6.07, 6.45) is 4.12. The van der Waals surface area contributed by atoms with Gasteiger partial charge in [-0.2, -0.15) is 0 Å². The van der Waals surface area contributed by atoms with Crippen LogP contribution in [-0.2, 0) is 9.53 Å². The van der Waals surface area contributed by atoms with Crippen LogP contribution in [0.25, 0.3) is 0 Å². The number of carbonyl (C=O) groups excluding carboxylic acids is 1. The fourth-order valence-corrected chi connectivity index (χ4v) is 2.18. The number of ether oxygens (including phenoxy) is 1. The van der Waals surface area contributed by atoms with Gasteiger partial charge < -0.3 is 15.4 Å². The number of halogens is 1. The van der Waals surface area contributed by atoms with Crippen LogP contribution in [0.2, 0.25) is 0 Å². The molecule has 1 atom stereocenters. The first-order valence-electron chi connectivity index (χ1n) is 5.75. The van der Waals surface area contributed by atoms with E-state index in [1.165, 1.54) is 20.0 Å². The second kappa shape index (κ2) is 8.79. The van der Waals surface area contributed by atoms with Crippen molar-refractivity contribution in [3.05, 3.63) is 0 Å². The van der Waals surface area contributed by atoms with Crippen molar-refractivity contribution in [3.8, 4) is 0 Å². The highest BCUT2D eigenvalue weighted by molar-refractivity contribution is 5.85. The lowest BCUT2D eigenvalue weighted by atomic mass is 9.95. The molecule has 1 unspecified atom stereocenters. The maximum absolute atomic E-state index is 11.0. The van der Waals surface area contributed by atoms with Gasteiger partial charge in [-0.05, 0) is 38.3 Å². The minimum absolute atomic E-state index is 0. The predicted octanol–water partition coefficient (Wildman–Crippen LogP) is 1.03. The average Bonchev–Trinajstić information content (AvgIpc) is 2.27. The maximum Gasteiger partial charge on any atom is 0.306 e. The Morgan fingerprint density at radius 3 is 2.94 bits per heavy atom. The Bertz CT molecular complexity index is 200. The minimum Gasteiger partial charge on any atom is -0.469 e. The highest BCUT2D eigenvalue weighted by atomic mass is 35.5. The summed E-state index contributed by atoms with van der Waals surface area (Å²) in [4.78, 5) is 13.3. The van der Waals surface area contributed by atoms with E-state index in [2.05, 4.69) is 9.64 Å². The molecule has 1 saturated heterocycles. The molecule has 0 aromatic heterocycles. The van der Waals surface area contributed by atoms with E-state index in [-0.39, 0.29) is 18.4 Å². The molecular weight excluding hydrogens is 228 g/mol. The van der Waals surface area contributed by atoms with Gasteiger partial charge in [0, 0.05) is 13.1 Å².